The van der Waals surface area contributed by atoms with Crippen molar-refractivity contribution in [3.63, 3.8) is 0 Å². The maximum atomic E-state index is 12.1. The lowest BCUT2D eigenvalue weighted by Gasteiger charge is -2.09. The maximum absolute atomic E-state index is 12.1. The van der Waals surface area contributed by atoms with Crippen LogP contribution in [0.15, 0.2) is 52.9 Å². The van der Waals surface area contributed by atoms with Crippen molar-refractivity contribution in [3.05, 3.63) is 70.6 Å². The number of halogens is 1. The van der Waals surface area contributed by atoms with Crippen LogP contribution >= 0.6 is 11.6 Å². The van der Waals surface area contributed by atoms with Crippen LogP contribution in [0.2, 0.25) is 5.02 Å². The van der Waals surface area contributed by atoms with Gasteiger partial charge >= 0.3 is 5.97 Å². The molecular formula is C21H19ClN2O4. The lowest BCUT2D eigenvalue weighted by atomic mass is 10.1. The number of hydrogen-bond acceptors (Lipinski definition) is 6. The molecular weight excluding hydrogens is 380 g/mol. The molecule has 3 aromatic rings. The minimum atomic E-state index is -0.704. The van der Waals surface area contributed by atoms with Gasteiger partial charge in [-0.3, -0.25) is 9.59 Å². The number of aryl methyl sites for hydroxylation is 1. The topological polar surface area (TPSA) is 82.3 Å². The molecule has 1 atom stereocenters. The minimum Gasteiger partial charge on any atom is -0.453 e. The van der Waals surface area contributed by atoms with E-state index in [-0.39, 0.29) is 24.5 Å². The van der Waals surface area contributed by atoms with Crippen molar-refractivity contribution in [1.29, 1.82) is 0 Å². The number of benzene rings is 2. The van der Waals surface area contributed by atoms with Crippen LogP contribution in [0.3, 0.4) is 0 Å². The van der Waals surface area contributed by atoms with Gasteiger partial charge in [-0.2, -0.15) is 0 Å². The summed E-state index contributed by atoms with van der Waals surface area (Å²) in [7, 11) is 0. The van der Waals surface area contributed by atoms with E-state index in [2.05, 4.69) is 10.2 Å². The summed E-state index contributed by atoms with van der Waals surface area (Å²) in [5, 5.41) is 8.49. The second kappa shape index (κ2) is 8.80. The minimum absolute atomic E-state index is 0.0369. The molecule has 6 nitrogen and oxygen atoms in total. The van der Waals surface area contributed by atoms with Crippen molar-refractivity contribution >= 4 is 23.4 Å². The van der Waals surface area contributed by atoms with Gasteiger partial charge in [0.15, 0.2) is 11.9 Å². The van der Waals surface area contributed by atoms with Gasteiger partial charge in [0.25, 0.3) is 5.89 Å². The summed E-state index contributed by atoms with van der Waals surface area (Å²) < 4.78 is 10.9. The highest BCUT2D eigenvalue weighted by atomic mass is 35.5. The first-order chi connectivity index (χ1) is 13.4. The summed E-state index contributed by atoms with van der Waals surface area (Å²) in [6.45, 7) is 3.63. The Morgan fingerprint density at radius 1 is 1.04 bits per heavy atom. The van der Waals surface area contributed by atoms with Gasteiger partial charge < -0.3 is 9.15 Å². The van der Waals surface area contributed by atoms with Gasteiger partial charge in [0.1, 0.15) is 0 Å². The number of ketones is 1. The molecule has 0 spiro atoms. The highest BCUT2D eigenvalue weighted by Crippen LogP contribution is 2.23. The molecule has 0 N–H and O–H groups in total. The predicted octanol–water partition coefficient (Wildman–Crippen LogP) is 4.97. The molecule has 1 heterocycles. The van der Waals surface area contributed by atoms with Gasteiger partial charge in [0.05, 0.1) is 6.42 Å². The number of rotatable bonds is 7. The summed E-state index contributed by atoms with van der Waals surface area (Å²) in [6.07, 6.45) is -0.694. The summed E-state index contributed by atoms with van der Waals surface area (Å²) in [5.41, 5.74) is 2.42. The molecule has 0 fully saturated rings. The zero-order valence-corrected chi connectivity index (χ0v) is 16.3. The number of ether oxygens (including phenoxy) is 1. The second-order valence-electron chi connectivity index (χ2n) is 6.37. The Balaban J connectivity index is 1.53. The van der Waals surface area contributed by atoms with E-state index in [4.69, 9.17) is 20.8 Å². The number of hydrogen-bond donors (Lipinski definition) is 0. The Kier molecular flexibility index (Phi) is 6.21. The third-order valence-corrected chi connectivity index (χ3v) is 4.37. The predicted molar refractivity (Wildman–Crippen MR) is 104 cm³/mol. The molecule has 7 heteroatoms. The Morgan fingerprint density at radius 3 is 2.39 bits per heavy atom. The first-order valence-corrected chi connectivity index (χ1v) is 9.19. The van der Waals surface area contributed by atoms with E-state index in [1.807, 2.05) is 31.2 Å². The smallest absolute Gasteiger partial charge is 0.307 e. The first kappa shape index (κ1) is 19.8. The lowest BCUT2D eigenvalue weighted by Crippen LogP contribution is -2.11. The normalized spacial score (nSPS) is 11.8. The zero-order chi connectivity index (χ0) is 20.1. The van der Waals surface area contributed by atoms with Crippen LogP contribution in [0, 0.1) is 6.92 Å². The molecule has 0 aliphatic carbocycles. The number of Topliss-reactive ketones (excluding diaryl/α,β-unsaturated/α-hetero) is 1. The van der Waals surface area contributed by atoms with Gasteiger partial charge in [-0.05, 0) is 50.2 Å². The number of nitrogens with zero attached hydrogens (tertiary/aromatic N) is 2. The van der Waals surface area contributed by atoms with Crippen LogP contribution in [0.25, 0.3) is 11.5 Å². The van der Waals surface area contributed by atoms with Crippen LogP contribution in [-0.2, 0) is 9.53 Å². The van der Waals surface area contributed by atoms with Gasteiger partial charge in [-0.25, -0.2) is 0 Å². The van der Waals surface area contributed by atoms with Crippen LogP contribution in [0.5, 0.6) is 0 Å². The Bertz CT molecular complexity index is 965. The van der Waals surface area contributed by atoms with Crippen molar-refractivity contribution in [2.75, 3.05) is 0 Å². The molecule has 0 aliphatic heterocycles. The first-order valence-electron chi connectivity index (χ1n) is 8.81. The van der Waals surface area contributed by atoms with Gasteiger partial charge in [0, 0.05) is 22.6 Å². The average Bonchev–Trinajstić information content (AvgIpc) is 3.17. The molecule has 0 amide bonds. The average molecular weight is 399 g/mol. The Labute approximate surface area is 167 Å². The van der Waals surface area contributed by atoms with Crippen molar-refractivity contribution in [3.8, 4) is 11.5 Å². The highest BCUT2D eigenvalue weighted by Gasteiger charge is 2.20. The van der Waals surface area contributed by atoms with Crippen molar-refractivity contribution < 1.29 is 18.7 Å². The molecule has 0 unspecified atom stereocenters. The maximum Gasteiger partial charge on any atom is 0.307 e. The van der Waals surface area contributed by atoms with E-state index in [1.54, 1.807) is 31.2 Å². The molecule has 3 rings (SSSR count). The zero-order valence-electron chi connectivity index (χ0n) is 15.5. The molecule has 0 aliphatic rings. The molecule has 0 radical (unpaired) electrons. The van der Waals surface area contributed by atoms with E-state index < -0.39 is 12.1 Å². The molecule has 28 heavy (non-hydrogen) atoms. The fourth-order valence-electron chi connectivity index (χ4n) is 2.51. The monoisotopic (exact) mass is 398 g/mol. The fourth-order valence-corrected chi connectivity index (χ4v) is 2.64. The van der Waals surface area contributed by atoms with E-state index >= 15 is 0 Å². The molecule has 144 valence electrons. The quantitative estimate of drug-likeness (QED) is 0.413. The number of aromatic nitrogens is 2. The van der Waals surface area contributed by atoms with E-state index in [1.165, 1.54) is 0 Å². The highest BCUT2D eigenvalue weighted by molar-refractivity contribution is 6.30. The second-order valence-corrected chi connectivity index (χ2v) is 6.81. The van der Waals surface area contributed by atoms with Crippen LogP contribution in [0.4, 0.5) is 0 Å². The molecule has 0 saturated carbocycles. The lowest BCUT2D eigenvalue weighted by molar-refractivity contribution is -0.149. The number of carbonyl (C=O) groups excluding carboxylic acids is 2. The molecule has 1 aromatic heterocycles. The van der Waals surface area contributed by atoms with Gasteiger partial charge in [0.2, 0.25) is 5.89 Å². The van der Waals surface area contributed by atoms with Gasteiger partial charge in [-0.1, -0.05) is 29.3 Å². The number of carbonyl (C=O) groups is 2. The summed E-state index contributed by atoms with van der Waals surface area (Å²) in [5.74, 6) is -0.102. The van der Waals surface area contributed by atoms with Crippen molar-refractivity contribution in [2.45, 2.75) is 32.8 Å². The SMILES string of the molecule is Cc1ccc(-c2nnc([C@H](C)OC(=O)CCC(=O)c3ccc(Cl)cc3)o2)cc1. The van der Waals surface area contributed by atoms with Crippen LogP contribution in [0.1, 0.15) is 47.7 Å². The standard InChI is InChI=1S/C21H19ClN2O4/c1-13-3-5-16(6-4-13)21-24-23-20(28-21)14(2)27-19(26)12-11-18(25)15-7-9-17(22)10-8-15/h3-10,14H,11-12H2,1-2H3/t14-/m0/s1. The van der Waals surface area contributed by atoms with Crippen LogP contribution in [-0.4, -0.2) is 21.9 Å². The fraction of sp³-hybridized carbons (Fsp3) is 0.238. The van der Waals surface area contributed by atoms with E-state index in [9.17, 15) is 9.59 Å². The largest absolute Gasteiger partial charge is 0.453 e. The van der Waals surface area contributed by atoms with Crippen molar-refractivity contribution in [1.82, 2.24) is 10.2 Å². The van der Waals surface area contributed by atoms with Crippen LogP contribution < -0.4 is 0 Å². The summed E-state index contributed by atoms with van der Waals surface area (Å²) in [4.78, 5) is 24.2. The number of esters is 1. The van der Waals surface area contributed by atoms with Gasteiger partial charge in [-0.15, -0.1) is 10.2 Å². The summed E-state index contributed by atoms with van der Waals surface area (Å²) >= 11 is 5.80. The molecule has 0 saturated heterocycles. The van der Waals surface area contributed by atoms with E-state index in [0.717, 1.165) is 11.1 Å². The molecule has 0 bridgehead atoms. The third-order valence-electron chi connectivity index (χ3n) is 4.12. The van der Waals surface area contributed by atoms with E-state index in [0.29, 0.717) is 16.5 Å². The third kappa shape index (κ3) is 5.04. The Morgan fingerprint density at radius 2 is 1.71 bits per heavy atom. The van der Waals surface area contributed by atoms with Crippen molar-refractivity contribution in [2.24, 2.45) is 0 Å². The Hall–Kier alpha value is -2.99. The summed E-state index contributed by atoms with van der Waals surface area (Å²) in [6, 6.07) is 14.2. The molecule has 2 aromatic carbocycles.